The van der Waals surface area contributed by atoms with Crippen molar-refractivity contribution >= 4 is 5.82 Å². The van der Waals surface area contributed by atoms with Crippen LogP contribution in [0.4, 0.5) is 5.82 Å². The van der Waals surface area contributed by atoms with Crippen molar-refractivity contribution in [2.75, 3.05) is 25.1 Å². The van der Waals surface area contributed by atoms with Crippen LogP contribution in [0.2, 0.25) is 0 Å². The zero-order valence-electron chi connectivity index (χ0n) is 12.8. The molecule has 4 nitrogen and oxygen atoms in total. The zero-order chi connectivity index (χ0) is 14.5. The van der Waals surface area contributed by atoms with Gasteiger partial charge in [-0.05, 0) is 45.4 Å². The number of aliphatic hydroxyl groups is 1. The Kier molecular flexibility index (Phi) is 5.76. The van der Waals surface area contributed by atoms with Crippen LogP contribution in [0.15, 0.2) is 18.3 Å². The molecule has 19 heavy (non-hydrogen) atoms. The normalized spacial score (nSPS) is 13.4. The lowest BCUT2D eigenvalue weighted by Gasteiger charge is -2.35. The quantitative estimate of drug-likeness (QED) is 0.794. The molecule has 0 aromatic carbocycles. The first-order valence-corrected chi connectivity index (χ1v) is 6.96. The van der Waals surface area contributed by atoms with E-state index < -0.39 is 0 Å². The molecule has 108 valence electrons. The topological polar surface area (TPSA) is 48.4 Å². The van der Waals surface area contributed by atoms with Crippen LogP contribution in [0, 0.1) is 0 Å². The minimum Gasteiger partial charge on any atom is -0.394 e. The lowest BCUT2D eigenvalue weighted by molar-refractivity contribution is 0.215. The van der Waals surface area contributed by atoms with Gasteiger partial charge in [0.2, 0.25) is 0 Å². The monoisotopic (exact) mass is 265 g/mol. The average molecular weight is 265 g/mol. The molecule has 1 rings (SSSR count). The fourth-order valence-electron chi connectivity index (χ4n) is 1.75. The largest absolute Gasteiger partial charge is 0.394 e. The molecule has 0 aliphatic rings. The summed E-state index contributed by atoms with van der Waals surface area (Å²) in [6.45, 7) is 9.41. The van der Waals surface area contributed by atoms with Crippen molar-refractivity contribution in [3.63, 3.8) is 0 Å². The summed E-state index contributed by atoms with van der Waals surface area (Å²) in [6, 6.07) is 4.42. The molecule has 0 saturated carbocycles. The van der Waals surface area contributed by atoms with Crippen molar-refractivity contribution in [2.45, 2.75) is 45.7 Å². The summed E-state index contributed by atoms with van der Waals surface area (Å²) < 4.78 is 0. The Morgan fingerprint density at radius 2 is 2.11 bits per heavy atom. The second kappa shape index (κ2) is 6.87. The minimum absolute atomic E-state index is 0.0986. The number of likely N-dealkylation sites (N-methyl/N-ethyl adjacent to an activating group) is 1. The van der Waals surface area contributed by atoms with E-state index in [1.165, 1.54) is 5.56 Å². The number of rotatable bonds is 7. The molecule has 0 fully saturated rings. The molecule has 1 heterocycles. The summed E-state index contributed by atoms with van der Waals surface area (Å²) >= 11 is 0. The first-order chi connectivity index (χ1) is 8.92. The summed E-state index contributed by atoms with van der Waals surface area (Å²) in [5.74, 6) is 0.880. The molecule has 0 bridgehead atoms. The van der Waals surface area contributed by atoms with E-state index in [9.17, 15) is 5.11 Å². The molecule has 0 amide bonds. The van der Waals surface area contributed by atoms with Crippen LogP contribution < -0.4 is 10.2 Å². The standard InChI is InChI=1S/C15H27N3O/c1-6-9-16-12(2)13-7-8-14(17-10-13)18(5)15(3,4)11-19/h7-8,10,12,16,19H,6,9,11H2,1-5H3. The zero-order valence-corrected chi connectivity index (χ0v) is 12.8. The van der Waals surface area contributed by atoms with Crippen LogP contribution in [0.5, 0.6) is 0 Å². The van der Waals surface area contributed by atoms with Crippen molar-refractivity contribution in [1.82, 2.24) is 10.3 Å². The fourth-order valence-corrected chi connectivity index (χ4v) is 1.75. The smallest absolute Gasteiger partial charge is 0.128 e. The molecule has 0 aliphatic carbocycles. The molecule has 1 atom stereocenters. The minimum atomic E-state index is -0.305. The Morgan fingerprint density at radius 1 is 1.42 bits per heavy atom. The molecule has 1 unspecified atom stereocenters. The maximum atomic E-state index is 9.39. The third kappa shape index (κ3) is 4.18. The fraction of sp³-hybridized carbons (Fsp3) is 0.667. The molecule has 1 aromatic heterocycles. The van der Waals surface area contributed by atoms with E-state index in [4.69, 9.17) is 0 Å². The van der Waals surface area contributed by atoms with Crippen LogP contribution in [-0.2, 0) is 0 Å². The third-order valence-electron chi connectivity index (χ3n) is 3.61. The summed E-state index contributed by atoms with van der Waals surface area (Å²) in [4.78, 5) is 6.50. The van der Waals surface area contributed by atoms with Crippen LogP contribution in [0.3, 0.4) is 0 Å². The van der Waals surface area contributed by atoms with Crippen molar-refractivity contribution < 1.29 is 5.11 Å². The van der Waals surface area contributed by atoms with Crippen LogP contribution in [0.25, 0.3) is 0 Å². The van der Waals surface area contributed by atoms with Gasteiger partial charge < -0.3 is 15.3 Å². The Hall–Kier alpha value is -1.13. The van der Waals surface area contributed by atoms with E-state index in [0.717, 1.165) is 18.8 Å². The molecular weight excluding hydrogens is 238 g/mol. The van der Waals surface area contributed by atoms with Crippen molar-refractivity contribution in [2.24, 2.45) is 0 Å². The van der Waals surface area contributed by atoms with E-state index in [-0.39, 0.29) is 12.1 Å². The molecule has 0 aliphatic heterocycles. The van der Waals surface area contributed by atoms with Crippen molar-refractivity contribution in [1.29, 1.82) is 0 Å². The number of hydrogen-bond donors (Lipinski definition) is 2. The van der Waals surface area contributed by atoms with E-state index in [1.807, 2.05) is 38.1 Å². The van der Waals surface area contributed by atoms with Gasteiger partial charge in [-0.1, -0.05) is 13.0 Å². The van der Waals surface area contributed by atoms with Gasteiger partial charge in [0.1, 0.15) is 5.82 Å². The van der Waals surface area contributed by atoms with Gasteiger partial charge in [-0.2, -0.15) is 0 Å². The SMILES string of the molecule is CCCNC(C)c1ccc(N(C)C(C)(C)CO)nc1. The lowest BCUT2D eigenvalue weighted by atomic mass is 10.0. The number of hydrogen-bond acceptors (Lipinski definition) is 4. The van der Waals surface area contributed by atoms with Gasteiger partial charge in [-0.15, -0.1) is 0 Å². The number of nitrogens with one attached hydrogen (secondary N) is 1. The molecule has 4 heteroatoms. The molecule has 0 spiro atoms. The number of aliphatic hydroxyl groups excluding tert-OH is 1. The summed E-state index contributed by atoms with van der Waals surface area (Å²) in [7, 11) is 1.96. The number of aromatic nitrogens is 1. The van der Waals surface area contributed by atoms with Crippen molar-refractivity contribution in [3.8, 4) is 0 Å². The predicted molar refractivity (Wildman–Crippen MR) is 80.5 cm³/mol. The Balaban J connectivity index is 2.76. The van der Waals surface area contributed by atoms with Crippen LogP contribution in [-0.4, -0.2) is 35.8 Å². The lowest BCUT2D eigenvalue weighted by Crippen LogP contribution is -2.44. The van der Waals surface area contributed by atoms with E-state index in [1.54, 1.807) is 0 Å². The maximum absolute atomic E-state index is 9.39. The summed E-state index contributed by atoms with van der Waals surface area (Å²) in [5.41, 5.74) is 0.882. The van der Waals surface area contributed by atoms with Crippen LogP contribution >= 0.6 is 0 Å². The highest BCUT2D eigenvalue weighted by molar-refractivity contribution is 5.41. The molecule has 1 aromatic rings. The molecule has 0 saturated heterocycles. The second-order valence-corrected chi connectivity index (χ2v) is 5.66. The van der Waals surface area contributed by atoms with Crippen LogP contribution in [0.1, 0.15) is 45.7 Å². The maximum Gasteiger partial charge on any atom is 0.128 e. The highest BCUT2D eigenvalue weighted by Gasteiger charge is 2.23. The summed E-state index contributed by atoms with van der Waals surface area (Å²) in [6.07, 6.45) is 3.04. The van der Waals surface area contributed by atoms with Crippen molar-refractivity contribution in [3.05, 3.63) is 23.9 Å². The predicted octanol–water partition coefficient (Wildman–Crippen LogP) is 2.35. The Morgan fingerprint density at radius 3 is 2.58 bits per heavy atom. The highest BCUT2D eigenvalue weighted by Crippen LogP contribution is 2.21. The number of pyridine rings is 1. The first-order valence-electron chi connectivity index (χ1n) is 6.96. The number of nitrogens with zero attached hydrogens (tertiary/aromatic N) is 2. The Bertz CT molecular complexity index is 375. The van der Waals surface area contributed by atoms with E-state index in [2.05, 4.69) is 30.2 Å². The molecule has 0 radical (unpaired) electrons. The van der Waals surface area contributed by atoms with Gasteiger partial charge in [0.25, 0.3) is 0 Å². The van der Waals surface area contributed by atoms with Gasteiger partial charge >= 0.3 is 0 Å². The number of anilines is 1. The summed E-state index contributed by atoms with van der Waals surface area (Å²) in [5, 5.41) is 12.8. The van der Waals surface area contributed by atoms with E-state index >= 15 is 0 Å². The van der Waals surface area contributed by atoms with Gasteiger partial charge in [-0.25, -0.2) is 4.98 Å². The average Bonchev–Trinajstić information content (AvgIpc) is 2.44. The molecule has 2 N–H and O–H groups in total. The van der Waals surface area contributed by atoms with Gasteiger partial charge in [-0.3, -0.25) is 0 Å². The van der Waals surface area contributed by atoms with E-state index in [0.29, 0.717) is 6.04 Å². The van der Waals surface area contributed by atoms with Gasteiger partial charge in [0.05, 0.1) is 12.1 Å². The Labute approximate surface area is 116 Å². The van der Waals surface area contributed by atoms with Gasteiger partial charge in [0, 0.05) is 19.3 Å². The highest BCUT2D eigenvalue weighted by atomic mass is 16.3. The van der Waals surface area contributed by atoms with Gasteiger partial charge in [0.15, 0.2) is 0 Å². The first kappa shape index (κ1) is 15.9. The second-order valence-electron chi connectivity index (χ2n) is 5.66. The molecular formula is C15H27N3O. The third-order valence-corrected chi connectivity index (χ3v) is 3.61.